The highest BCUT2D eigenvalue weighted by Gasteiger charge is 2.33. The van der Waals surface area contributed by atoms with Crippen LogP contribution in [0, 0.1) is 0 Å². The zero-order valence-electron chi connectivity index (χ0n) is 16.5. The van der Waals surface area contributed by atoms with Crippen LogP contribution in [0.3, 0.4) is 0 Å². The Balaban J connectivity index is 1.53. The zero-order chi connectivity index (χ0) is 19.3. The fraction of sp³-hybridized carbons (Fsp3) is 0.500. The van der Waals surface area contributed by atoms with Crippen LogP contribution in [0.2, 0.25) is 0 Å². The van der Waals surface area contributed by atoms with E-state index in [-0.39, 0.29) is 11.9 Å². The monoisotopic (exact) mass is 380 g/mol. The van der Waals surface area contributed by atoms with Crippen molar-refractivity contribution in [3.63, 3.8) is 0 Å². The van der Waals surface area contributed by atoms with Crippen LogP contribution in [0.5, 0.6) is 5.75 Å². The zero-order valence-corrected chi connectivity index (χ0v) is 16.5. The number of hydrogen-bond donors (Lipinski definition) is 0. The third-order valence-electron chi connectivity index (χ3n) is 5.60. The molecule has 148 valence electrons. The van der Waals surface area contributed by atoms with Gasteiger partial charge in [-0.1, -0.05) is 24.6 Å². The number of likely N-dealkylation sites (tertiary alicyclic amines) is 1. The van der Waals surface area contributed by atoms with Crippen LogP contribution < -0.4 is 4.74 Å². The van der Waals surface area contributed by atoms with E-state index in [9.17, 15) is 4.79 Å². The summed E-state index contributed by atoms with van der Waals surface area (Å²) in [5, 5.41) is 8.91. The topological polar surface area (TPSA) is 60.2 Å². The fourth-order valence-corrected chi connectivity index (χ4v) is 4.21. The van der Waals surface area contributed by atoms with Gasteiger partial charge in [-0.2, -0.15) is 0 Å². The summed E-state index contributed by atoms with van der Waals surface area (Å²) in [5.74, 6) is 2.87. The van der Waals surface area contributed by atoms with E-state index in [2.05, 4.69) is 14.8 Å². The van der Waals surface area contributed by atoms with Gasteiger partial charge in [0.05, 0.1) is 12.6 Å². The van der Waals surface area contributed by atoms with Gasteiger partial charge in [-0.25, -0.2) is 0 Å². The molecule has 1 fully saturated rings. The lowest BCUT2D eigenvalue weighted by Gasteiger charge is -2.23. The Bertz CT molecular complexity index is 858. The summed E-state index contributed by atoms with van der Waals surface area (Å²) in [6.07, 6.45) is 10.0. The number of carbonyl (C=O) groups is 1. The molecule has 1 amide bonds. The molecular weight excluding hydrogens is 352 g/mol. The van der Waals surface area contributed by atoms with Crippen LogP contribution in [0.4, 0.5) is 0 Å². The van der Waals surface area contributed by atoms with Gasteiger partial charge in [-0.3, -0.25) is 4.79 Å². The first-order valence-electron chi connectivity index (χ1n) is 10.4. The molecule has 3 heterocycles. The Morgan fingerprint density at radius 1 is 1.18 bits per heavy atom. The van der Waals surface area contributed by atoms with Crippen LogP contribution in [-0.4, -0.2) is 38.7 Å². The van der Waals surface area contributed by atoms with Gasteiger partial charge in [-0.05, 0) is 44.7 Å². The summed E-state index contributed by atoms with van der Waals surface area (Å²) in [4.78, 5) is 14.9. The standard InChI is InChI=1S/C22H28N4O2/c1-2-28-19-11-6-5-9-17(19)13-14-21(27)25-16-8-10-18(25)22-24-23-20-12-4-3-7-15-26(20)22/h5-6,9,11,13-14,18H,2-4,7-8,10,12,15-16H2,1H3/b14-13+. The first-order valence-corrected chi connectivity index (χ1v) is 10.4. The van der Waals surface area contributed by atoms with Gasteiger partial charge in [0.15, 0.2) is 5.82 Å². The smallest absolute Gasteiger partial charge is 0.247 e. The van der Waals surface area contributed by atoms with Gasteiger partial charge in [0.2, 0.25) is 5.91 Å². The Labute approximate surface area is 166 Å². The number of para-hydroxylation sites is 1. The number of fused-ring (bicyclic) bond motifs is 1. The molecule has 1 saturated heterocycles. The first-order chi connectivity index (χ1) is 13.8. The normalized spacial score (nSPS) is 19.6. The number of benzene rings is 1. The molecule has 1 aromatic heterocycles. The van der Waals surface area contributed by atoms with Crippen molar-refractivity contribution in [1.29, 1.82) is 0 Å². The predicted octanol–water partition coefficient (Wildman–Crippen LogP) is 3.78. The van der Waals surface area contributed by atoms with Crippen molar-refractivity contribution in [3.05, 3.63) is 47.6 Å². The molecule has 6 heteroatoms. The third kappa shape index (κ3) is 3.81. The molecule has 1 unspecified atom stereocenters. The van der Waals surface area contributed by atoms with Gasteiger partial charge in [-0.15, -0.1) is 10.2 Å². The van der Waals surface area contributed by atoms with Crippen LogP contribution >= 0.6 is 0 Å². The molecule has 0 bridgehead atoms. The highest BCUT2D eigenvalue weighted by atomic mass is 16.5. The number of aromatic nitrogens is 3. The quantitative estimate of drug-likeness (QED) is 0.741. The van der Waals surface area contributed by atoms with Crippen molar-refractivity contribution < 1.29 is 9.53 Å². The van der Waals surface area contributed by atoms with Crippen LogP contribution in [-0.2, 0) is 17.8 Å². The summed E-state index contributed by atoms with van der Waals surface area (Å²) in [7, 11) is 0. The Kier molecular flexibility index (Phi) is 5.74. The third-order valence-corrected chi connectivity index (χ3v) is 5.60. The minimum Gasteiger partial charge on any atom is -0.493 e. The first kappa shape index (κ1) is 18.7. The molecule has 0 N–H and O–H groups in total. The van der Waals surface area contributed by atoms with E-state index in [0.717, 1.165) is 61.7 Å². The summed E-state index contributed by atoms with van der Waals surface area (Å²) >= 11 is 0. The summed E-state index contributed by atoms with van der Waals surface area (Å²) in [6.45, 7) is 4.30. The second kappa shape index (κ2) is 8.59. The number of ether oxygens (including phenoxy) is 1. The van der Waals surface area contributed by atoms with Gasteiger partial charge >= 0.3 is 0 Å². The van der Waals surface area contributed by atoms with E-state index >= 15 is 0 Å². The molecule has 0 spiro atoms. The molecule has 1 aromatic carbocycles. The molecule has 1 atom stereocenters. The SMILES string of the molecule is CCOc1ccccc1/C=C/C(=O)N1CCCC1c1nnc2n1CCCCC2. The molecular formula is C22H28N4O2. The van der Waals surface area contributed by atoms with Crippen molar-refractivity contribution in [2.75, 3.05) is 13.2 Å². The highest BCUT2D eigenvalue weighted by molar-refractivity contribution is 5.92. The lowest BCUT2D eigenvalue weighted by Crippen LogP contribution is -2.30. The lowest BCUT2D eigenvalue weighted by molar-refractivity contribution is -0.127. The van der Waals surface area contributed by atoms with Gasteiger partial charge in [0.25, 0.3) is 0 Å². The molecule has 0 aliphatic carbocycles. The van der Waals surface area contributed by atoms with E-state index in [1.807, 2.05) is 42.2 Å². The average Bonchev–Trinajstić information content (AvgIpc) is 3.28. The molecule has 2 aliphatic rings. The van der Waals surface area contributed by atoms with Crippen molar-refractivity contribution in [3.8, 4) is 5.75 Å². The van der Waals surface area contributed by atoms with Crippen LogP contribution in [0.15, 0.2) is 30.3 Å². The number of rotatable bonds is 5. The number of carbonyl (C=O) groups excluding carboxylic acids is 1. The number of aryl methyl sites for hydroxylation is 1. The fourth-order valence-electron chi connectivity index (χ4n) is 4.21. The molecule has 0 saturated carbocycles. The minimum atomic E-state index is 0.0265. The highest BCUT2D eigenvalue weighted by Crippen LogP contribution is 2.32. The molecule has 2 aliphatic heterocycles. The Morgan fingerprint density at radius 3 is 2.96 bits per heavy atom. The average molecular weight is 380 g/mol. The number of hydrogen-bond acceptors (Lipinski definition) is 4. The van der Waals surface area contributed by atoms with Crippen LogP contribution in [0.1, 0.15) is 62.3 Å². The second-order valence-corrected chi connectivity index (χ2v) is 7.43. The maximum absolute atomic E-state index is 13.0. The van der Waals surface area contributed by atoms with E-state index < -0.39 is 0 Å². The van der Waals surface area contributed by atoms with Gasteiger partial charge in [0.1, 0.15) is 11.6 Å². The van der Waals surface area contributed by atoms with Crippen LogP contribution in [0.25, 0.3) is 6.08 Å². The lowest BCUT2D eigenvalue weighted by atomic mass is 10.1. The molecule has 28 heavy (non-hydrogen) atoms. The van der Waals surface area contributed by atoms with E-state index in [1.54, 1.807) is 6.08 Å². The second-order valence-electron chi connectivity index (χ2n) is 7.43. The number of nitrogens with zero attached hydrogens (tertiary/aromatic N) is 4. The van der Waals surface area contributed by atoms with Crippen molar-refractivity contribution in [2.24, 2.45) is 0 Å². The van der Waals surface area contributed by atoms with Gasteiger partial charge < -0.3 is 14.2 Å². The molecule has 0 radical (unpaired) electrons. The summed E-state index contributed by atoms with van der Waals surface area (Å²) in [5.41, 5.74) is 0.921. The van der Waals surface area contributed by atoms with Gasteiger partial charge in [0, 0.05) is 31.1 Å². The molecule has 6 nitrogen and oxygen atoms in total. The minimum absolute atomic E-state index is 0.0265. The maximum Gasteiger partial charge on any atom is 0.247 e. The van der Waals surface area contributed by atoms with E-state index in [0.29, 0.717) is 6.61 Å². The maximum atomic E-state index is 13.0. The summed E-state index contributed by atoms with van der Waals surface area (Å²) in [6, 6.07) is 7.82. The van der Waals surface area contributed by atoms with Crippen molar-refractivity contribution in [2.45, 2.75) is 58.0 Å². The van der Waals surface area contributed by atoms with Crippen molar-refractivity contribution >= 4 is 12.0 Å². The summed E-state index contributed by atoms with van der Waals surface area (Å²) < 4.78 is 7.91. The van der Waals surface area contributed by atoms with Crippen molar-refractivity contribution in [1.82, 2.24) is 19.7 Å². The molecule has 4 rings (SSSR count). The Morgan fingerprint density at radius 2 is 2.07 bits per heavy atom. The Hall–Kier alpha value is -2.63. The van der Waals surface area contributed by atoms with E-state index in [1.165, 1.54) is 12.8 Å². The largest absolute Gasteiger partial charge is 0.493 e. The number of amides is 1. The van der Waals surface area contributed by atoms with E-state index in [4.69, 9.17) is 4.74 Å². The predicted molar refractivity (Wildman–Crippen MR) is 108 cm³/mol. The molecule has 2 aromatic rings.